The summed E-state index contributed by atoms with van der Waals surface area (Å²) in [5.41, 5.74) is 5.71. The molecule has 0 aliphatic heterocycles. The van der Waals surface area contributed by atoms with Crippen LogP contribution in [0.1, 0.15) is 22.5 Å². The van der Waals surface area contributed by atoms with E-state index < -0.39 is 0 Å². The van der Waals surface area contributed by atoms with Crippen LogP contribution < -0.4 is 0 Å². The quantitative estimate of drug-likeness (QED) is 0.775. The Bertz CT molecular complexity index is 696. The lowest BCUT2D eigenvalue weighted by Crippen LogP contribution is -1.93. The number of aromatic amines is 1. The van der Waals surface area contributed by atoms with Gasteiger partial charge in [0.25, 0.3) is 0 Å². The zero-order valence-electron chi connectivity index (χ0n) is 11.3. The Morgan fingerprint density at radius 3 is 2.53 bits per heavy atom. The van der Waals surface area contributed by atoms with Crippen LogP contribution in [0, 0.1) is 13.8 Å². The summed E-state index contributed by atoms with van der Waals surface area (Å²) in [6, 6.07) is 10.7. The van der Waals surface area contributed by atoms with Gasteiger partial charge in [-0.3, -0.25) is 0 Å². The number of aromatic nitrogens is 3. The standard InChI is InChI=1S/C16H17N3/c1-11-3-5-13(6-4-11)7-8-14-18-15-12(2)9-10-17-16(15)19-14/h3-6,9-10H,7-8H2,1-2H3,(H,17,18,19). The maximum absolute atomic E-state index is 4.54. The molecule has 2 heterocycles. The molecule has 19 heavy (non-hydrogen) atoms. The summed E-state index contributed by atoms with van der Waals surface area (Å²) in [5.74, 6) is 1.01. The number of benzene rings is 1. The van der Waals surface area contributed by atoms with Gasteiger partial charge in [0, 0.05) is 12.6 Å². The molecule has 0 spiro atoms. The van der Waals surface area contributed by atoms with Gasteiger partial charge in [-0.1, -0.05) is 29.8 Å². The van der Waals surface area contributed by atoms with E-state index in [1.165, 1.54) is 16.7 Å². The predicted molar refractivity (Wildman–Crippen MR) is 77.2 cm³/mol. The second kappa shape index (κ2) is 4.84. The van der Waals surface area contributed by atoms with Crippen molar-refractivity contribution in [3.05, 3.63) is 59.0 Å². The van der Waals surface area contributed by atoms with Crippen LogP contribution in [0.2, 0.25) is 0 Å². The van der Waals surface area contributed by atoms with Crippen molar-refractivity contribution in [2.24, 2.45) is 0 Å². The van der Waals surface area contributed by atoms with Crippen LogP contribution in [0.4, 0.5) is 0 Å². The number of nitrogens with one attached hydrogen (secondary N) is 1. The van der Waals surface area contributed by atoms with E-state index >= 15 is 0 Å². The minimum Gasteiger partial charge on any atom is -0.340 e. The van der Waals surface area contributed by atoms with Gasteiger partial charge in [0.1, 0.15) is 5.82 Å². The van der Waals surface area contributed by atoms with E-state index in [2.05, 4.69) is 53.1 Å². The van der Waals surface area contributed by atoms with Gasteiger partial charge < -0.3 is 4.98 Å². The van der Waals surface area contributed by atoms with E-state index in [4.69, 9.17) is 0 Å². The molecule has 3 aromatic rings. The zero-order valence-corrected chi connectivity index (χ0v) is 11.3. The smallest absolute Gasteiger partial charge is 0.177 e. The fraction of sp³-hybridized carbons (Fsp3) is 0.250. The molecule has 96 valence electrons. The average molecular weight is 251 g/mol. The lowest BCUT2D eigenvalue weighted by Gasteiger charge is -1.99. The number of H-pyrrole nitrogens is 1. The summed E-state index contributed by atoms with van der Waals surface area (Å²) in [6.45, 7) is 4.18. The molecule has 0 saturated carbocycles. The summed E-state index contributed by atoms with van der Waals surface area (Å²) in [6.07, 6.45) is 3.72. The number of pyridine rings is 1. The molecule has 0 fully saturated rings. The molecule has 1 aromatic carbocycles. The number of rotatable bonds is 3. The first kappa shape index (κ1) is 11.9. The highest BCUT2D eigenvalue weighted by molar-refractivity contribution is 5.74. The van der Waals surface area contributed by atoms with Gasteiger partial charge in [0.2, 0.25) is 0 Å². The predicted octanol–water partition coefficient (Wildman–Crippen LogP) is 3.36. The third-order valence-corrected chi connectivity index (χ3v) is 3.42. The Morgan fingerprint density at radius 1 is 1.00 bits per heavy atom. The molecule has 0 amide bonds. The van der Waals surface area contributed by atoms with Crippen LogP contribution in [-0.4, -0.2) is 15.0 Å². The molecule has 0 aliphatic rings. The molecule has 3 rings (SSSR count). The van der Waals surface area contributed by atoms with Crippen molar-refractivity contribution in [3.63, 3.8) is 0 Å². The molecular weight excluding hydrogens is 234 g/mol. The van der Waals surface area contributed by atoms with Crippen molar-refractivity contribution in [2.75, 3.05) is 0 Å². The second-order valence-electron chi connectivity index (χ2n) is 5.00. The molecule has 0 unspecified atom stereocenters. The summed E-state index contributed by atoms with van der Waals surface area (Å²) in [5, 5.41) is 0. The van der Waals surface area contributed by atoms with E-state index in [-0.39, 0.29) is 0 Å². The molecule has 0 aliphatic carbocycles. The number of hydrogen-bond donors (Lipinski definition) is 1. The summed E-state index contributed by atoms with van der Waals surface area (Å²) in [7, 11) is 0. The van der Waals surface area contributed by atoms with Crippen LogP contribution in [-0.2, 0) is 12.8 Å². The monoisotopic (exact) mass is 251 g/mol. The first-order valence-electron chi connectivity index (χ1n) is 6.58. The SMILES string of the molecule is Cc1ccc(CCc2nc3nccc(C)c3[nH]2)cc1. The molecule has 0 saturated heterocycles. The minimum atomic E-state index is 0.818. The van der Waals surface area contributed by atoms with Gasteiger partial charge in [-0.2, -0.15) is 0 Å². The van der Waals surface area contributed by atoms with Crippen LogP contribution >= 0.6 is 0 Å². The summed E-state index contributed by atoms with van der Waals surface area (Å²) < 4.78 is 0. The maximum Gasteiger partial charge on any atom is 0.177 e. The zero-order chi connectivity index (χ0) is 13.2. The number of aryl methyl sites for hydroxylation is 4. The van der Waals surface area contributed by atoms with E-state index in [0.29, 0.717) is 0 Å². The molecule has 0 radical (unpaired) electrons. The Kier molecular flexibility index (Phi) is 3.03. The first-order chi connectivity index (χ1) is 9.22. The van der Waals surface area contributed by atoms with Crippen LogP contribution in [0.3, 0.4) is 0 Å². The van der Waals surface area contributed by atoms with Crippen molar-refractivity contribution in [2.45, 2.75) is 26.7 Å². The number of hydrogen-bond acceptors (Lipinski definition) is 2. The van der Waals surface area contributed by atoms with E-state index in [1.54, 1.807) is 0 Å². The number of fused-ring (bicyclic) bond motifs is 1. The topological polar surface area (TPSA) is 41.6 Å². The van der Waals surface area contributed by atoms with Crippen molar-refractivity contribution >= 4 is 11.2 Å². The Hall–Kier alpha value is -2.16. The molecule has 0 atom stereocenters. The van der Waals surface area contributed by atoms with E-state index in [1.807, 2.05) is 12.3 Å². The fourth-order valence-corrected chi connectivity index (χ4v) is 2.22. The highest BCUT2D eigenvalue weighted by Crippen LogP contribution is 2.14. The molecule has 1 N–H and O–H groups in total. The van der Waals surface area contributed by atoms with Gasteiger partial charge in [0.15, 0.2) is 5.65 Å². The Morgan fingerprint density at radius 2 is 1.79 bits per heavy atom. The average Bonchev–Trinajstić information content (AvgIpc) is 2.83. The van der Waals surface area contributed by atoms with Crippen molar-refractivity contribution < 1.29 is 0 Å². The van der Waals surface area contributed by atoms with Crippen molar-refractivity contribution in [1.82, 2.24) is 15.0 Å². The summed E-state index contributed by atoms with van der Waals surface area (Å²) in [4.78, 5) is 12.2. The lowest BCUT2D eigenvalue weighted by molar-refractivity contribution is 0.888. The normalized spacial score (nSPS) is 11.1. The van der Waals surface area contributed by atoms with Gasteiger partial charge in [-0.05, 0) is 37.5 Å². The van der Waals surface area contributed by atoms with Gasteiger partial charge in [-0.15, -0.1) is 0 Å². The van der Waals surface area contributed by atoms with Crippen LogP contribution in [0.25, 0.3) is 11.2 Å². The van der Waals surface area contributed by atoms with Gasteiger partial charge in [0.05, 0.1) is 5.52 Å². The minimum absolute atomic E-state index is 0.818. The molecule has 3 heteroatoms. The fourth-order valence-electron chi connectivity index (χ4n) is 2.22. The lowest BCUT2D eigenvalue weighted by atomic mass is 10.1. The molecule has 3 nitrogen and oxygen atoms in total. The Balaban J connectivity index is 1.78. The van der Waals surface area contributed by atoms with Gasteiger partial charge in [-0.25, -0.2) is 9.97 Å². The first-order valence-corrected chi connectivity index (χ1v) is 6.58. The highest BCUT2D eigenvalue weighted by atomic mass is 15.0. The highest BCUT2D eigenvalue weighted by Gasteiger charge is 2.05. The second-order valence-corrected chi connectivity index (χ2v) is 5.00. The summed E-state index contributed by atoms with van der Waals surface area (Å²) >= 11 is 0. The van der Waals surface area contributed by atoms with Crippen LogP contribution in [0.5, 0.6) is 0 Å². The molecule has 0 bridgehead atoms. The molecular formula is C16H17N3. The number of imidazole rings is 1. The third-order valence-electron chi connectivity index (χ3n) is 3.42. The van der Waals surface area contributed by atoms with Crippen molar-refractivity contribution in [3.8, 4) is 0 Å². The van der Waals surface area contributed by atoms with E-state index in [0.717, 1.165) is 29.8 Å². The Labute approximate surface area is 112 Å². The largest absolute Gasteiger partial charge is 0.340 e. The third kappa shape index (κ3) is 2.50. The maximum atomic E-state index is 4.54. The molecule has 2 aromatic heterocycles. The van der Waals surface area contributed by atoms with E-state index in [9.17, 15) is 0 Å². The van der Waals surface area contributed by atoms with Crippen LogP contribution in [0.15, 0.2) is 36.5 Å². The number of nitrogens with zero attached hydrogens (tertiary/aromatic N) is 2. The van der Waals surface area contributed by atoms with Gasteiger partial charge >= 0.3 is 0 Å². The van der Waals surface area contributed by atoms with Crippen molar-refractivity contribution in [1.29, 1.82) is 0 Å².